The molecule has 1 amide bonds. The minimum absolute atomic E-state index is 0.0699. The highest BCUT2D eigenvalue weighted by Gasteiger charge is 2.40. The van der Waals surface area contributed by atoms with Crippen molar-refractivity contribution in [2.75, 3.05) is 27.0 Å². The van der Waals surface area contributed by atoms with E-state index in [9.17, 15) is 9.59 Å². The summed E-state index contributed by atoms with van der Waals surface area (Å²) in [5.41, 5.74) is -1.40. The highest BCUT2D eigenvalue weighted by molar-refractivity contribution is 6.00. The third-order valence-electron chi connectivity index (χ3n) is 2.56. The molecule has 0 rings (SSSR count). The molecule has 16 heavy (non-hydrogen) atoms. The van der Waals surface area contributed by atoms with Crippen LogP contribution in [-0.2, 0) is 19.1 Å². The summed E-state index contributed by atoms with van der Waals surface area (Å²) in [5, 5.41) is 0. The van der Waals surface area contributed by atoms with E-state index in [1.807, 2.05) is 13.8 Å². The zero-order chi connectivity index (χ0) is 12.6. The fourth-order valence-corrected chi connectivity index (χ4v) is 1.43. The molecule has 0 aliphatic carbocycles. The Morgan fingerprint density at radius 1 is 1.31 bits per heavy atom. The first kappa shape index (κ1) is 15.1. The van der Waals surface area contributed by atoms with Crippen LogP contribution < -0.4 is 0 Å². The molecule has 94 valence electrons. The van der Waals surface area contributed by atoms with Gasteiger partial charge in [0.2, 0.25) is 5.60 Å². The van der Waals surface area contributed by atoms with Crippen molar-refractivity contribution in [3.8, 4) is 0 Å². The van der Waals surface area contributed by atoms with Gasteiger partial charge in [0.05, 0.1) is 0 Å². The van der Waals surface area contributed by atoms with Gasteiger partial charge in [-0.3, -0.25) is 9.59 Å². The van der Waals surface area contributed by atoms with Gasteiger partial charge in [0, 0.05) is 20.2 Å². The maximum Gasteiger partial charge on any atom is 0.262 e. The van der Waals surface area contributed by atoms with E-state index in [-0.39, 0.29) is 12.7 Å². The topological polar surface area (TPSA) is 55.8 Å². The average Bonchev–Trinajstić information content (AvgIpc) is 2.33. The van der Waals surface area contributed by atoms with Crippen LogP contribution in [0.1, 0.15) is 27.2 Å². The van der Waals surface area contributed by atoms with Crippen molar-refractivity contribution in [2.45, 2.75) is 32.8 Å². The molecule has 0 aromatic carbocycles. The van der Waals surface area contributed by atoms with Gasteiger partial charge in [-0.25, -0.2) is 0 Å². The van der Waals surface area contributed by atoms with E-state index in [0.29, 0.717) is 25.8 Å². The summed E-state index contributed by atoms with van der Waals surface area (Å²) in [6.07, 6.45) is 0.863. The molecule has 0 heterocycles. The number of ether oxygens (including phenoxy) is 2. The number of methoxy groups -OCH3 is 1. The van der Waals surface area contributed by atoms with Crippen molar-refractivity contribution in [3.63, 3.8) is 0 Å². The second kappa shape index (κ2) is 7.35. The van der Waals surface area contributed by atoms with Crippen LogP contribution in [0.2, 0.25) is 0 Å². The Morgan fingerprint density at radius 2 is 1.88 bits per heavy atom. The second-order valence-electron chi connectivity index (χ2n) is 3.39. The van der Waals surface area contributed by atoms with Gasteiger partial charge in [-0.15, -0.1) is 0 Å². The van der Waals surface area contributed by atoms with Gasteiger partial charge >= 0.3 is 0 Å². The number of amides is 1. The number of aldehydes is 1. The first-order valence-electron chi connectivity index (χ1n) is 5.50. The molecule has 0 bridgehead atoms. The second-order valence-corrected chi connectivity index (χ2v) is 3.39. The molecular formula is C11H21NO4. The lowest BCUT2D eigenvalue weighted by molar-refractivity contribution is -0.175. The molecule has 0 unspecified atom stereocenters. The standard InChI is InChI=1S/C11H21NO4/c1-5-11(8-13,16-9-15-4)10(14)12(6-2)7-3/h8H,5-7,9H2,1-4H3/t11-/m1/s1. The van der Waals surface area contributed by atoms with E-state index >= 15 is 0 Å². The maximum atomic E-state index is 12.1. The zero-order valence-corrected chi connectivity index (χ0v) is 10.5. The van der Waals surface area contributed by atoms with Crippen LogP contribution >= 0.6 is 0 Å². The van der Waals surface area contributed by atoms with E-state index in [4.69, 9.17) is 9.47 Å². The van der Waals surface area contributed by atoms with E-state index in [0.717, 1.165) is 0 Å². The number of nitrogens with zero attached hydrogens (tertiary/aromatic N) is 1. The molecule has 0 aromatic heterocycles. The average molecular weight is 231 g/mol. The summed E-state index contributed by atoms with van der Waals surface area (Å²) in [4.78, 5) is 24.8. The summed E-state index contributed by atoms with van der Waals surface area (Å²) < 4.78 is 9.99. The van der Waals surface area contributed by atoms with Crippen molar-refractivity contribution in [1.82, 2.24) is 4.90 Å². The van der Waals surface area contributed by atoms with Crippen molar-refractivity contribution in [1.29, 1.82) is 0 Å². The van der Waals surface area contributed by atoms with Crippen LogP contribution in [0.15, 0.2) is 0 Å². The zero-order valence-electron chi connectivity index (χ0n) is 10.5. The van der Waals surface area contributed by atoms with Crippen molar-refractivity contribution in [2.24, 2.45) is 0 Å². The first-order valence-corrected chi connectivity index (χ1v) is 5.50. The first-order chi connectivity index (χ1) is 7.61. The summed E-state index contributed by atoms with van der Waals surface area (Å²) in [6.45, 7) is 6.51. The summed E-state index contributed by atoms with van der Waals surface area (Å²) in [5.74, 6) is -0.299. The Hall–Kier alpha value is -0.940. The third-order valence-corrected chi connectivity index (χ3v) is 2.56. The van der Waals surface area contributed by atoms with Gasteiger partial charge in [0.1, 0.15) is 6.79 Å². The lowest BCUT2D eigenvalue weighted by atomic mass is 10.0. The number of rotatable bonds is 8. The van der Waals surface area contributed by atoms with Gasteiger partial charge in [-0.05, 0) is 20.3 Å². The number of carbonyl (C=O) groups is 2. The molecule has 0 N–H and O–H groups in total. The number of hydrogen-bond donors (Lipinski definition) is 0. The fraction of sp³-hybridized carbons (Fsp3) is 0.818. The van der Waals surface area contributed by atoms with Crippen molar-refractivity contribution in [3.05, 3.63) is 0 Å². The maximum absolute atomic E-state index is 12.1. The molecule has 0 saturated heterocycles. The highest BCUT2D eigenvalue weighted by Crippen LogP contribution is 2.17. The Kier molecular flexibility index (Phi) is 6.92. The predicted molar refractivity (Wildman–Crippen MR) is 60.0 cm³/mol. The van der Waals surface area contributed by atoms with Gasteiger partial charge in [0.15, 0.2) is 6.29 Å². The van der Waals surface area contributed by atoms with Gasteiger partial charge in [-0.2, -0.15) is 0 Å². The Bertz CT molecular complexity index is 228. The van der Waals surface area contributed by atoms with E-state index in [1.54, 1.807) is 11.8 Å². The lowest BCUT2D eigenvalue weighted by Gasteiger charge is -2.31. The van der Waals surface area contributed by atoms with Crippen LogP contribution in [-0.4, -0.2) is 49.7 Å². The Labute approximate surface area is 96.7 Å². The van der Waals surface area contributed by atoms with Crippen LogP contribution in [0, 0.1) is 0 Å². The highest BCUT2D eigenvalue weighted by atomic mass is 16.7. The molecular weight excluding hydrogens is 210 g/mol. The number of likely N-dealkylation sites (N-methyl/N-ethyl adjacent to an activating group) is 1. The molecule has 1 atom stereocenters. The normalized spacial score (nSPS) is 14.2. The molecule has 0 aliphatic heterocycles. The van der Waals surface area contributed by atoms with Gasteiger partial charge < -0.3 is 14.4 Å². The SMILES string of the molecule is CCN(CC)C(=O)[C@](C=O)(CC)OCOC. The number of carbonyl (C=O) groups excluding carboxylic acids is 2. The fourth-order valence-electron chi connectivity index (χ4n) is 1.43. The summed E-state index contributed by atoms with van der Waals surface area (Å²) in [7, 11) is 1.45. The largest absolute Gasteiger partial charge is 0.359 e. The Balaban J connectivity index is 4.86. The van der Waals surface area contributed by atoms with Crippen molar-refractivity contribution < 1.29 is 19.1 Å². The van der Waals surface area contributed by atoms with Crippen LogP contribution in [0.4, 0.5) is 0 Å². The minimum atomic E-state index is -1.40. The minimum Gasteiger partial charge on any atom is -0.359 e. The van der Waals surface area contributed by atoms with E-state index < -0.39 is 5.60 Å². The predicted octanol–water partition coefficient (Wildman–Crippen LogP) is 0.823. The molecule has 0 spiro atoms. The van der Waals surface area contributed by atoms with E-state index in [2.05, 4.69) is 0 Å². The quantitative estimate of drug-likeness (QED) is 0.352. The molecule has 0 radical (unpaired) electrons. The molecule has 0 saturated carbocycles. The molecule has 5 heteroatoms. The van der Waals surface area contributed by atoms with Crippen molar-refractivity contribution >= 4 is 12.2 Å². The Morgan fingerprint density at radius 3 is 2.19 bits per heavy atom. The number of hydrogen-bond acceptors (Lipinski definition) is 4. The molecule has 0 aromatic rings. The third kappa shape index (κ3) is 3.28. The summed E-state index contributed by atoms with van der Waals surface area (Å²) in [6, 6.07) is 0. The van der Waals surface area contributed by atoms with Crippen LogP contribution in [0.25, 0.3) is 0 Å². The molecule has 0 aliphatic rings. The lowest BCUT2D eigenvalue weighted by Crippen LogP contribution is -2.52. The smallest absolute Gasteiger partial charge is 0.262 e. The van der Waals surface area contributed by atoms with Crippen LogP contribution in [0.5, 0.6) is 0 Å². The van der Waals surface area contributed by atoms with Crippen LogP contribution in [0.3, 0.4) is 0 Å². The molecule has 5 nitrogen and oxygen atoms in total. The van der Waals surface area contributed by atoms with Gasteiger partial charge in [-0.1, -0.05) is 6.92 Å². The molecule has 0 fully saturated rings. The summed E-state index contributed by atoms with van der Waals surface area (Å²) >= 11 is 0. The monoisotopic (exact) mass is 231 g/mol. The van der Waals surface area contributed by atoms with E-state index in [1.165, 1.54) is 7.11 Å². The van der Waals surface area contributed by atoms with Gasteiger partial charge in [0.25, 0.3) is 5.91 Å².